The van der Waals surface area contributed by atoms with Crippen LogP contribution in [0.2, 0.25) is 0 Å². The van der Waals surface area contributed by atoms with E-state index in [1.165, 1.54) is 0 Å². The average Bonchev–Trinajstić information content (AvgIpc) is 2.58. The summed E-state index contributed by atoms with van der Waals surface area (Å²) in [5, 5.41) is 2.61. The minimum Gasteiger partial charge on any atom is -0.497 e. The molecular weight excluding hydrogens is 296 g/mol. The summed E-state index contributed by atoms with van der Waals surface area (Å²) >= 11 is 0. The maximum atomic E-state index is 12.0. The van der Waals surface area contributed by atoms with Gasteiger partial charge >= 0.3 is 11.8 Å². The minimum atomic E-state index is -0.558. The number of benzene rings is 1. The number of ether oxygens (including phenoxy) is 2. The van der Waals surface area contributed by atoms with E-state index < -0.39 is 11.8 Å². The Labute approximate surface area is 136 Å². The molecule has 1 atom stereocenters. The third-order valence-corrected chi connectivity index (χ3v) is 3.85. The standard InChI is InChI=1S/C17H24N2O4/c1-13-4-3-10-19(12-13)17(21)16(20)18-9-11-23-15-7-5-14(22-2)6-8-15/h5-8,13H,3-4,9-12H2,1-2H3,(H,18,20). The van der Waals surface area contributed by atoms with E-state index in [1.807, 2.05) is 0 Å². The molecule has 0 radical (unpaired) electrons. The summed E-state index contributed by atoms with van der Waals surface area (Å²) in [6.45, 7) is 4.02. The molecule has 1 aromatic carbocycles. The van der Waals surface area contributed by atoms with Crippen molar-refractivity contribution in [2.24, 2.45) is 5.92 Å². The Hall–Kier alpha value is -2.24. The molecule has 1 fully saturated rings. The zero-order chi connectivity index (χ0) is 16.7. The number of rotatable bonds is 5. The maximum Gasteiger partial charge on any atom is 0.311 e. The Balaban J connectivity index is 1.68. The van der Waals surface area contributed by atoms with Crippen molar-refractivity contribution in [3.8, 4) is 11.5 Å². The predicted octanol–water partition coefficient (Wildman–Crippen LogP) is 1.45. The second-order valence-electron chi connectivity index (χ2n) is 5.78. The van der Waals surface area contributed by atoms with Gasteiger partial charge in [0.1, 0.15) is 18.1 Å². The Kier molecular flexibility index (Phi) is 6.26. The molecule has 126 valence electrons. The normalized spacial score (nSPS) is 17.5. The number of likely N-dealkylation sites (tertiary alicyclic amines) is 1. The quantitative estimate of drug-likeness (QED) is 0.659. The van der Waals surface area contributed by atoms with Gasteiger partial charge in [0, 0.05) is 13.1 Å². The van der Waals surface area contributed by atoms with Gasteiger partial charge in [-0.25, -0.2) is 0 Å². The first-order valence-corrected chi connectivity index (χ1v) is 7.94. The lowest BCUT2D eigenvalue weighted by Crippen LogP contribution is -2.47. The average molecular weight is 320 g/mol. The minimum absolute atomic E-state index is 0.292. The van der Waals surface area contributed by atoms with E-state index in [1.54, 1.807) is 36.3 Å². The van der Waals surface area contributed by atoms with Crippen LogP contribution in [0.1, 0.15) is 19.8 Å². The molecule has 1 aromatic rings. The molecule has 1 N–H and O–H groups in total. The van der Waals surface area contributed by atoms with Gasteiger partial charge in [-0.3, -0.25) is 9.59 Å². The number of amides is 2. The van der Waals surface area contributed by atoms with E-state index in [0.717, 1.165) is 18.6 Å². The topological polar surface area (TPSA) is 67.9 Å². The Morgan fingerprint density at radius 2 is 1.96 bits per heavy atom. The van der Waals surface area contributed by atoms with Crippen LogP contribution in [0.5, 0.6) is 11.5 Å². The number of hydrogen-bond donors (Lipinski definition) is 1. The van der Waals surface area contributed by atoms with Crippen LogP contribution in [-0.4, -0.2) is 50.1 Å². The summed E-state index contributed by atoms with van der Waals surface area (Å²) in [5.41, 5.74) is 0. The SMILES string of the molecule is COc1ccc(OCCNC(=O)C(=O)N2CCCC(C)C2)cc1. The van der Waals surface area contributed by atoms with Crippen LogP contribution < -0.4 is 14.8 Å². The summed E-state index contributed by atoms with van der Waals surface area (Å²) < 4.78 is 10.6. The van der Waals surface area contributed by atoms with Crippen molar-refractivity contribution in [1.29, 1.82) is 0 Å². The zero-order valence-corrected chi connectivity index (χ0v) is 13.7. The van der Waals surface area contributed by atoms with Gasteiger partial charge in [-0.1, -0.05) is 6.92 Å². The lowest BCUT2D eigenvalue weighted by molar-refractivity contribution is -0.147. The Bertz CT molecular complexity index is 530. The van der Waals surface area contributed by atoms with Gasteiger partial charge in [0.25, 0.3) is 0 Å². The van der Waals surface area contributed by atoms with Gasteiger partial charge in [0.15, 0.2) is 0 Å². The van der Waals surface area contributed by atoms with Crippen molar-refractivity contribution in [3.05, 3.63) is 24.3 Å². The highest BCUT2D eigenvalue weighted by molar-refractivity contribution is 6.35. The summed E-state index contributed by atoms with van der Waals surface area (Å²) in [6, 6.07) is 7.19. The smallest absolute Gasteiger partial charge is 0.311 e. The highest BCUT2D eigenvalue weighted by Gasteiger charge is 2.25. The first-order valence-electron chi connectivity index (χ1n) is 7.94. The van der Waals surface area contributed by atoms with Crippen LogP contribution in [0.3, 0.4) is 0 Å². The van der Waals surface area contributed by atoms with Gasteiger partial charge in [-0.15, -0.1) is 0 Å². The van der Waals surface area contributed by atoms with Gasteiger partial charge in [-0.2, -0.15) is 0 Å². The molecular formula is C17H24N2O4. The van der Waals surface area contributed by atoms with E-state index in [2.05, 4.69) is 12.2 Å². The van der Waals surface area contributed by atoms with Gasteiger partial charge in [-0.05, 0) is 43.0 Å². The molecule has 23 heavy (non-hydrogen) atoms. The van der Waals surface area contributed by atoms with Crippen LogP contribution in [0, 0.1) is 5.92 Å². The van der Waals surface area contributed by atoms with Crippen molar-refractivity contribution in [1.82, 2.24) is 10.2 Å². The third kappa shape index (κ3) is 5.16. The summed E-state index contributed by atoms with van der Waals surface area (Å²) in [5.74, 6) is 0.903. The van der Waals surface area contributed by atoms with E-state index in [-0.39, 0.29) is 0 Å². The van der Waals surface area contributed by atoms with Crippen molar-refractivity contribution >= 4 is 11.8 Å². The summed E-state index contributed by atoms with van der Waals surface area (Å²) in [4.78, 5) is 25.5. The largest absolute Gasteiger partial charge is 0.497 e. The van der Waals surface area contributed by atoms with Gasteiger partial charge < -0.3 is 19.7 Å². The fourth-order valence-electron chi connectivity index (χ4n) is 2.60. The highest BCUT2D eigenvalue weighted by atomic mass is 16.5. The summed E-state index contributed by atoms with van der Waals surface area (Å²) in [6.07, 6.45) is 2.07. The molecule has 2 amide bonds. The monoisotopic (exact) mass is 320 g/mol. The number of piperidine rings is 1. The Morgan fingerprint density at radius 3 is 2.61 bits per heavy atom. The van der Waals surface area contributed by atoms with E-state index >= 15 is 0 Å². The van der Waals surface area contributed by atoms with Crippen molar-refractivity contribution < 1.29 is 19.1 Å². The van der Waals surface area contributed by atoms with Gasteiger partial charge in [0.2, 0.25) is 0 Å². The molecule has 0 aromatic heterocycles. The van der Waals surface area contributed by atoms with Gasteiger partial charge in [0.05, 0.1) is 13.7 Å². The van der Waals surface area contributed by atoms with Crippen molar-refractivity contribution in [3.63, 3.8) is 0 Å². The Morgan fingerprint density at radius 1 is 1.26 bits per heavy atom. The molecule has 1 unspecified atom stereocenters. The fourth-order valence-corrected chi connectivity index (χ4v) is 2.60. The first-order chi connectivity index (χ1) is 11.1. The maximum absolute atomic E-state index is 12.0. The van der Waals surface area contributed by atoms with Crippen LogP contribution in [0.15, 0.2) is 24.3 Å². The lowest BCUT2D eigenvalue weighted by Gasteiger charge is -2.30. The molecule has 0 bridgehead atoms. The number of nitrogens with zero attached hydrogens (tertiary/aromatic N) is 1. The first kappa shape index (κ1) is 17.1. The molecule has 1 aliphatic heterocycles. The fraction of sp³-hybridized carbons (Fsp3) is 0.529. The zero-order valence-electron chi connectivity index (χ0n) is 13.7. The lowest BCUT2D eigenvalue weighted by atomic mass is 10.0. The summed E-state index contributed by atoms with van der Waals surface area (Å²) in [7, 11) is 1.60. The molecule has 0 aliphatic carbocycles. The third-order valence-electron chi connectivity index (χ3n) is 3.85. The number of carbonyl (C=O) groups excluding carboxylic acids is 2. The molecule has 6 heteroatoms. The predicted molar refractivity (Wildman–Crippen MR) is 86.5 cm³/mol. The second kappa shape index (κ2) is 8.41. The molecule has 1 aliphatic rings. The van der Waals surface area contributed by atoms with Crippen LogP contribution in [-0.2, 0) is 9.59 Å². The number of methoxy groups -OCH3 is 1. The number of carbonyl (C=O) groups is 2. The molecule has 2 rings (SSSR count). The number of hydrogen-bond acceptors (Lipinski definition) is 4. The number of nitrogens with one attached hydrogen (secondary N) is 1. The molecule has 6 nitrogen and oxygen atoms in total. The van der Waals surface area contributed by atoms with Crippen molar-refractivity contribution in [2.45, 2.75) is 19.8 Å². The highest BCUT2D eigenvalue weighted by Crippen LogP contribution is 2.17. The molecule has 1 heterocycles. The van der Waals surface area contributed by atoms with Crippen LogP contribution in [0.25, 0.3) is 0 Å². The van der Waals surface area contributed by atoms with E-state index in [0.29, 0.717) is 37.9 Å². The molecule has 0 spiro atoms. The van der Waals surface area contributed by atoms with E-state index in [4.69, 9.17) is 9.47 Å². The van der Waals surface area contributed by atoms with Crippen LogP contribution >= 0.6 is 0 Å². The molecule has 0 saturated carbocycles. The van der Waals surface area contributed by atoms with Crippen molar-refractivity contribution in [2.75, 3.05) is 33.4 Å². The molecule has 1 saturated heterocycles. The van der Waals surface area contributed by atoms with E-state index in [9.17, 15) is 9.59 Å². The van der Waals surface area contributed by atoms with Crippen LogP contribution in [0.4, 0.5) is 0 Å². The second-order valence-corrected chi connectivity index (χ2v) is 5.78.